The molecule has 8 heteroatoms. The fraction of sp³-hybridized carbons (Fsp3) is 0.417. The lowest BCUT2D eigenvalue weighted by Crippen LogP contribution is -2.59. The highest BCUT2D eigenvalue weighted by Gasteiger charge is 2.43. The van der Waals surface area contributed by atoms with Crippen LogP contribution in [-0.2, 0) is 32.2 Å². The number of benzene rings is 2. The molecule has 1 unspecified atom stereocenters. The summed E-state index contributed by atoms with van der Waals surface area (Å²) < 4.78 is 21.8. The van der Waals surface area contributed by atoms with Crippen molar-refractivity contribution in [1.29, 1.82) is 0 Å². The van der Waals surface area contributed by atoms with Gasteiger partial charge in [-0.3, -0.25) is 0 Å². The van der Waals surface area contributed by atoms with Crippen LogP contribution in [0.2, 0.25) is 0 Å². The molecular formula is C24H30N2O6. The second-order valence-corrected chi connectivity index (χ2v) is 7.69. The number of nitrogens with one attached hydrogen (secondary N) is 2. The van der Waals surface area contributed by atoms with Crippen molar-refractivity contribution in [2.24, 2.45) is 0 Å². The fourth-order valence-corrected chi connectivity index (χ4v) is 3.77. The normalized spacial score (nSPS) is 19.6. The van der Waals surface area contributed by atoms with Gasteiger partial charge in [0.05, 0.1) is 12.1 Å². The Morgan fingerprint density at radius 1 is 0.812 bits per heavy atom. The quantitative estimate of drug-likeness (QED) is 0.605. The van der Waals surface area contributed by atoms with E-state index in [-0.39, 0.29) is 19.3 Å². The Labute approximate surface area is 188 Å². The topological polar surface area (TPSA) is 95.1 Å². The Hall–Kier alpha value is -3.10. The zero-order chi connectivity index (χ0) is 22.8. The van der Waals surface area contributed by atoms with Gasteiger partial charge < -0.3 is 29.6 Å². The number of carbonyl (C=O) groups is 2. The third kappa shape index (κ3) is 6.70. The van der Waals surface area contributed by atoms with Crippen LogP contribution in [0.5, 0.6) is 0 Å². The summed E-state index contributed by atoms with van der Waals surface area (Å²) in [5, 5.41) is 5.71. The van der Waals surface area contributed by atoms with E-state index in [1.165, 1.54) is 0 Å². The number of carbonyl (C=O) groups excluding carboxylic acids is 2. The maximum absolute atomic E-state index is 12.5. The number of alkyl carbamates (subject to hydrolysis) is 2. The van der Waals surface area contributed by atoms with Crippen LogP contribution < -0.4 is 10.6 Å². The monoisotopic (exact) mass is 442 g/mol. The molecule has 2 N–H and O–H groups in total. The van der Waals surface area contributed by atoms with Crippen LogP contribution in [-0.4, -0.2) is 44.3 Å². The van der Waals surface area contributed by atoms with Crippen molar-refractivity contribution in [3.05, 3.63) is 71.8 Å². The first-order valence-corrected chi connectivity index (χ1v) is 10.6. The van der Waals surface area contributed by atoms with Crippen LogP contribution in [0.15, 0.2) is 60.7 Å². The third-order valence-electron chi connectivity index (χ3n) is 5.63. The number of methoxy groups -OCH3 is 2. The maximum atomic E-state index is 12.5. The van der Waals surface area contributed by atoms with Crippen LogP contribution in [0, 0.1) is 0 Å². The molecule has 2 atom stereocenters. The number of rotatable bonds is 8. The molecular weight excluding hydrogens is 412 g/mol. The number of hydrogen-bond donors (Lipinski definition) is 2. The zero-order valence-electron chi connectivity index (χ0n) is 18.4. The summed E-state index contributed by atoms with van der Waals surface area (Å²) >= 11 is 0. The van der Waals surface area contributed by atoms with Gasteiger partial charge in [0, 0.05) is 27.1 Å². The van der Waals surface area contributed by atoms with Gasteiger partial charge in [-0.25, -0.2) is 9.59 Å². The first-order valence-electron chi connectivity index (χ1n) is 10.6. The highest BCUT2D eigenvalue weighted by molar-refractivity contribution is 5.69. The van der Waals surface area contributed by atoms with E-state index in [9.17, 15) is 9.59 Å². The number of ether oxygens (including phenoxy) is 4. The van der Waals surface area contributed by atoms with Gasteiger partial charge >= 0.3 is 12.2 Å². The SMILES string of the molecule is COC1(OC)CC[C@H](NC(=O)OCc2ccccc2)C(NC(=O)OCc2ccccc2)C1. The molecule has 32 heavy (non-hydrogen) atoms. The first-order chi connectivity index (χ1) is 15.5. The van der Waals surface area contributed by atoms with Crippen molar-refractivity contribution in [2.75, 3.05) is 14.2 Å². The molecule has 2 aromatic rings. The molecule has 3 rings (SSSR count). The minimum atomic E-state index is -0.844. The molecule has 0 heterocycles. The van der Waals surface area contributed by atoms with Crippen molar-refractivity contribution in [2.45, 2.75) is 50.3 Å². The van der Waals surface area contributed by atoms with Crippen LogP contribution in [0.1, 0.15) is 30.4 Å². The van der Waals surface area contributed by atoms with E-state index in [0.29, 0.717) is 19.3 Å². The smallest absolute Gasteiger partial charge is 0.407 e. The molecule has 1 fully saturated rings. The summed E-state index contributed by atoms with van der Waals surface area (Å²) in [5.74, 6) is -0.844. The standard InChI is InChI=1S/C24H30N2O6/c1-29-24(30-2)14-13-20(25-22(27)31-16-18-9-5-3-6-10-18)21(15-24)26-23(28)32-17-19-11-7-4-8-12-19/h3-12,20-21H,13-17H2,1-2H3,(H,25,27)(H,26,28)/t20-,21?/m0/s1. The summed E-state index contributed by atoms with van der Waals surface area (Å²) in [7, 11) is 3.13. The molecule has 0 bridgehead atoms. The van der Waals surface area contributed by atoms with Crippen LogP contribution in [0.3, 0.4) is 0 Å². The molecule has 0 spiro atoms. The molecule has 2 amide bonds. The average molecular weight is 443 g/mol. The Morgan fingerprint density at radius 3 is 1.75 bits per heavy atom. The molecule has 172 valence electrons. The lowest BCUT2D eigenvalue weighted by atomic mass is 9.85. The van der Waals surface area contributed by atoms with Gasteiger partial charge in [-0.15, -0.1) is 0 Å². The third-order valence-corrected chi connectivity index (χ3v) is 5.63. The van der Waals surface area contributed by atoms with Crippen LogP contribution in [0.25, 0.3) is 0 Å². The summed E-state index contributed by atoms with van der Waals surface area (Å²) in [6.07, 6.45) is 0.313. The lowest BCUT2D eigenvalue weighted by Gasteiger charge is -2.42. The van der Waals surface area contributed by atoms with Gasteiger partial charge in [-0.2, -0.15) is 0 Å². The lowest BCUT2D eigenvalue weighted by molar-refractivity contribution is -0.228. The van der Waals surface area contributed by atoms with E-state index in [2.05, 4.69) is 10.6 Å². The summed E-state index contributed by atoms with van der Waals surface area (Å²) in [4.78, 5) is 24.8. The second kappa shape index (κ2) is 11.5. The minimum absolute atomic E-state index is 0.149. The predicted octanol–water partition coefficient (Wildman–Crippen LogP) is 3.75. The summed E-state index contributed by atoms with van der Waals surface area (Å²) in [5.41, 5.74) is 1.77. The maximum Gasteiger partial charge on any atom is 0.407 e. The summed E-state index contributed by atoms with van der Waals surface area (Å²) in [6, 6.07) is 18.0. The predicted molar refractivity (Wildman–Crippen MR) is 118 cm³/mol. The Bertz CT molecular complexity index is 857. The largest absolute Gasteiger partial charge is 0.445 e. The Kier molecular flexibility index (Phi) is 8.47. The molecule has 0 radical (unpaired) electrons. The van der Waals surface area contributed by atoms with Crippen LogP contribution in [0.4, 0.5) is 9.59 Å². The minimum Gasteiger partial charge on any atom is -0.445 e. The van der Waals surface area contributed by atoms with Crippen molar-refractivity contribution in [1.82, 2.24) is 10.6 Å². The highest BCUT2D eigenvalue weighted by atomic mass is 16.7. The Balaban J connectivity index is 1.58. The number of amides is 2. The van der Waals surface area contributed by atoms with Crippen molar-refractivity contribution in [3.8, 4) is 0 Å². The van der Waals surface area contributed by atoms with Gasteiger partial charge in [-0.1, -0.05) is 60.7 Å². The average Bonchev–Trinajstić information content (AvgIpc) is 2.84. The molecule has 1 aliphatic rings. The molecule has 1 saturated carbocycles. The second-order valence-electron chi connectivity index (χ2n) is 7.69. The van der Waals surface area contributed by atoms with E-state index in [4.69, 9.17) is 18.9 Å². The highest BCUT2D eigenvalue weighted by Crippen LogP contribution is 2.32. The van der Waals surface area contributed by atoms with Crippen LogP contribution >= 0.6 is 0 Å². The van der Waals surface area contributed by atoms with E-state index in [1.54, 1.807) is 14.2 Å². The molecule has 0 aliphatic heterocycles. The summed E-state index contributed by atoms with van der Waals surface area (Å²) in [6.45, 7) is 0.312. The first kappa shape index (κ1) is 23.6. The fourth-order valence-electron chi connectivity index (χ4n) is 3.77. The van der Waals surface area contributed by atoms with Gasteiger partial charge in [0.25, 0.3) is 0 Å². The molecule has 0 aromatic heterocycles. The van der Waals surface area contributed by atoms with Gasteiger partial charge in [0.15, 0.2) is 5.79 Å². The molecule has 1 aliphatic carbocycles. The van der Waals surface area contributed by atoms with E-state index >= 15 is 0 Å². The van der Waals surface area contributed by atoms with E-state index in [1.807, 2.05) is 60.7 Å². The van der Waals surface area contributed by atoms with Gasteiger partial charge in [0.1, 0.15) is 13.2 Å². The molecule has 2 aromatic carbocycles. The van der Waals surface area contributed by atoms with E-state index in [0.717, 1.165) is 11.1 Å². The zero-order valence-corrected chi connectivity index (χ0v) is 18.4. The van der Waals surface area contributed by atoms with Gasteiger partial charge in [-0.05, 0) is 17.5 Å². The molecule has 0 saturated heterocycles. The van der Waals surface area contributed by atoms with Gasteiger partial charge in [0.2, 0.25) is 0 Å². The van der Waals surface area contributed by atoms with Crippen molar-refractivity contribution in [3.63, 3.8) is 0 Å². The molecule has 8 nitrogen and oxygen atoms in total. The Morgan fingerprint density at radius 2 is 1.28 bits per heavy atom. The van der Waals surface area contributed by atoms with E-state index < -0.39 is 24.0 Å². The van der Waals surface area contributed by atoms with Crippen molar-refractivity contribution >= 4 is 12.2 Å². The number of hydrogen-bond acceptors (Lipinski definition) is 6. The van der Waals surface area contributed by atoms with Crippen molar-refractivity contribution < 1.29 is 28.5 Å².